The number of nitrogens with one attached hydrogen (secondary N) is 1. The monoisotopic (exact) mass is 198 g/mol. The van der Waals surface area contributed by atoms with Crippen LogP contribution in [0.2, 0.25) is 0 Å². The molecule has 2 heterocycles. The highest BCUT2D eigenvalue weighted by Gasteiger charge is 2.24. The summed E-state index contributed by atoms with van der Waals surface area (Å²) in [6.45, 7) is 4.79. The number of hydrogen-bond donors (Lipinski definition) is 1. The normalized spacial score (nSPS) is 34.9. The standard InChI is InChI=1S/C11H22N2O/c1-14-11-5-7-13(9-11)8-10-4-2-3-6-12-10/h10-12H,2-9H2,1H3. The first-order valence-corrected chi connectivity index (χ1v) is 5.87. The van der Waals surface area contributed by atoms with Crippen LogP contribution in [0.3, 0.4) is 0 Å². The molecule has 2 rings (SSSR count). The molecule has 0 aliphatic carbocycles. The van der Waals surface area contributed by atoms with Gasteiger partial charge in [0.05, 0.1) is 6.10 Å². The zero-order chi connectivity index (χ0) is 9.80. The van der Waals surface area contributed by atoms with Crippen molar-refractivity contribution < 1.29 is 4.74 Å². The minimum Gasteiger partial charge on any atom is -0.380 e. The summed E-state index contributed by atoms with van der Waals surface area (Å²) in [5.74, 6) is 0. The van der Waals surface area contributed by atoms with E-state index in [9.17, 15) is 0 Å². The molecule has 0 saturated carbocycles. The van der Waals surface area contributed by atoms with E-state index in [0.717, 1.165) is 12.6 Å². The molecule has 2 aliphatic heterocycles. The van der Waals surface area contributed by atoms with Crippen LogP contribution in [0.5, 0.6) is 0 Å². The predicted molar refractivity (Wildman–Crippen MR) is 57.5 cm³/mol. The van der Waals surface area contributed by atoms with Crippen molar-refractivity contribution in [2.75, 3.05) is 33.3 Å². The highest BCUT2D eigenvalue weighted by molar-refractivity contribution is 4.81. The Labute approximate surface area is 86.8 Å². The van der Waals surface area contributed by atoms with Gasteiger partial charge in [-0.15, -0.1) is 0 Å². The molecular weight excluding hydrogens is 176 g/mol. The molecule has 2 unspecified atom stereocenters. The first-order valence-electron chi connectivity index (χ1n) is 5.87. The van der Waals surface area contributed by atoms with Crippen LogP contribution in [-0.4, -0.2) is 50.3 Å². The van der Waals surface area contributed by atoms with Crippen LogP contribution in [-0.2, 0) is 4.74 Å². The summed E-state index contributed by atoms with van der Waals surface area (Å²) in [6.07, 6.45) is 5.81. The van der Waals surface area contributed by atoms with Crippen LogP contribution in [0.15, 0.2) is 0 Å². The Bertz CT molecular complexity index is 169. The second-order valence-corrected chi connectivity index (χ2v) is 4.55. The summed E-state index contributed by atoms with van der Waals surface area (Å²) in [7, 11) is 1.83. The fraction of sp³-hybridized carbons (Fsp3) is 1.00. The fourth-order valence-electron chi connectivity index (χ4n) is 2.55. The Hall–Kier alpha value is -0.120. The van der Waals surface area contributed by atoms with E-state index < -0.39 is 0 Å². The van der Waals surface area contributed by atoms with Crippen LogP contribution < -0.4 is 5.32 Å². The van der Waals surface area contributed by atoms with Crippen molar-refractivity contribution in [3.63, 3.8) is 0 Å². The van der Waals surface area contributed by atoms with Gasteiger partial charge in [-0.2, -0.15) is 0 Å². The Morgan fingerprint density at radius 1 is 1.36 bits per heavy atom. The van der Waals surface area contributed by atoms with Gasteiger partial charge in [0.1, 0.15) is 0 Å². The molecule has 0 amide bonds. The minimum atomic E-state index is 0.485. The SMILES string of the molecule is COC1CCN(CC2CCCCN2)C1. The average molecular weight is 198 g/mol. The maximum atomic E-state index is 5.37. The minimum absolute atomic E-state index is 0.485. The van der Waals surface area contributed by atoms with Gasteiger partial charge >= 0.3 is 0 Å². The van der Waals surface area contributed by atoms with Gasteiger partial charge in [-0.25, -0.2) is 0 Å². The number of hydrogen-bond acceptors (Lipinski definition) is 3. The molecule has 3 heteroatoms. The van der Waals surface area contributed by atoms with Gasteiger partial charge < -0.3 is 10.1 Å². The van der Waals surface area contributed by atoms with Crippen molar-refractivity contribution in [1.29, 1.82) is 0 Å². The molecule has 2 fully saturated rings. The molecule has 0 aromatic rings. The Kier molecular flexibility index (Phi) is 3.79. The fourth-order valence-corrected chi connectivity index (χ4v) is 2.55. The van der Waals surface area contributed by atoms with E-state index in [0.29, 0.717) is 6.10 Å². The molecule has 0 spiro atoms. The number of ether oxygens (including phenoxy) is 1. The average Bonchev–Trinajstić information content (AvgIpc) is 2.67. The maximum absolute atomic E-state index is 5.37. The summed E-state index contributed by atoms with van der Waals surface area (Å²) in [6, 6.07) is 0.736. The second-order valence-electron chi connectivity index (χ2n) is 4.55. The number of piperidine rings is 1. The topological polar surface area (TPSA) is 24.5 Å². The molecule has 2 saturated heterocycles. The summed E-state index contributed by atoms with van der Waals surface area (Å²) in [5, 5.41) is 3.60. The third-order valence-corrected chi connectivity index (χ3v) is 3.45. The Balaban J connectivity index is 1.69. The third-order valence-electron chi connectivity index (χ3n) is 3.45. The van der Waals surface area contributed by atoms with Crippen LogP contribution in [0.4, 0.5) is 0 Å². The van der Waals surface area contributed by atoms with E-state index in [1.807, 2.05) is 7.11 Å². The smallest absolute Gasteiger partial charge is 0.0710 e. The van der Waals surface area contributed by atoms with E-state index >= 15 is 0 Å². The predicted octanol–water partition coefficient (Wildman–Crippen LogP) is 0.849. The lowest BCUT2D eigenvalue weighted by Crippen LogP contribution is -2.43. The van der Waals surface area contributed by atoms with Gasteiger partial charge in [0.15, 0.2) is 0 Å². The van der Waals surface area contributed by atoms with Crippen molar-refractivity contribution in [3.8, 4) is 0 Å². The number of likely N-dealkylation sites (tertiary alicyclic amines) is 1. The molecule has 0 aromatic heterocycles. The molecule has 3 nitrogen and oxygen atoms in total. The van der Waals surface area contributed by atoms with Gasteiger partial charge in [-0.05, 0) is 25.8 Å². The Morgan fingerprint density at radius 2 is 2.29 bits per heavy atom. The Morgan fingerprint density at radius 3 is 2.93 bits per heavy atom. The molecule has 0 radical (unpaired) electrons. The number of methoxy groups -OCH3 is 1. The van der Waals surface area contributed by atoms with Crippen LogP contribution >= 0.6 is 0 Å². The molecule has 14 heavy (non-hydrogen) atoms. The lowest BCUT2D eigenvalue weighted by molar-refractivity contribution is 0.106. The number of nitrogens with zero attached hydrogens (tertiary/aromatic N) is 1. The molecule has 2 aliphatic rings. The lowest BCUT2D eigenvalue weighted by Gasteiger charge is -2.27. The molecule has 0 aromatic carbocycles. The van der Waals surface area contributed by atoms with Crippen molar-refractivity contribution >= 4 is 0 Å². The van der Waals surface area contributed by atoms with E-state index in [1.54, 1.807) is 0 Å². The van der Waals surface area contributed by atoms with Crippen molar-refractivity contribution in [2.45, 2.75) is 37.8 Å². The highest BCUT2D eigenvalue weighted by atomic mass is 16.5. The molecular formula is C11H22N2O. The summed E-state index contributed by atoms with van der Waals surface area (Å²) in [4.78, 5) is 2.54. The molecule has 0 bridgehead atoms. The summed E-state index contributed by atoms with van der Waals surface area (Å²) < 4.78 is 5.37. The summed E-state index contributed by atoms with van der Waals surface area (Å²) >= 11 is 0. The third kappa shape index (κ3) is 2.69. The van der Waals surface area contributed by atoms with Crippen LogP contribution in [0.1, 0.15) is 25.7 Å². The van der Waals surface area contributed by atoms with Gasteiger partial charge in [-0.3, -0.25) is 4.90 Å². The molecule has 82 valence electrons. The lowest BCUT2D eigenvalue weighted by atomic mass is 10.0. The van der Waals surface area contributed by atoms with Gasteiger partial charge in [0, 0.05) is 32.8 Å². The van der Waals surface area contributed by atoms with Crippen LogP contribution in [0, 0.1) is 0 Å². The highest BCUT2D eigenvalue weighted by Crippen LogP contribution is 2.14. The van der Waals surface area contributed by atoms with E-state index in [4.69, 9.17) is 4.74 Å². The first-order chi connectivity index (χ1) is 6.88. The van der Waals surface area contributed by atoms with E-state index in [-0.39, 0.29) is 0 Å². The zero-order valence-corrected chi connectivity index (χ0v) is 9.17. The molecule has 2 atom stereocenters. The number of rotatable bonds is 3. The van der Waals surface area contributed by atoms with Gasteiger partial charge in [0.25, 0.3) is 0 Å². The largest absolute Gasteiger partial charge is 0.380 e. The zero-order valence-electron chi connectivity index (χ0n) is 9.17. The molecule has 1 N–H and O–H groups in total. The van der Waals surface area contributed by atoms with Crippen molar-refractivity contribution in [3.05, 3.63) is 0 Å². The van der Waals surface area contributed by atoms with E-state index in [2.05, 4.69) is 10.2 Å². The maximum Gasteiger partial charge on any atom is 0.0710 e. The van der Waals surface area contributed by atoms with Crippen LogP contribution in [0.25, 0.3) is 0 Å². The quantitative estimate of drug-likeness (QED) is 0.727. The van der Waals surface area contributed by atoms with Gasteiger partial charge in [-0.1, -0.05) is 6.42 Å². The summed E-state index contributed by atoms with van der Waals surface area (Å²) in [5.41, 5.74) is 0. The first kappa shape index (κ1) is 10.4. The van der Waals surface area contributed by atoms with Crippen molar-refractivity contribution in [1.82, 2.24) is 10.2 Å². The van der Waals surface area contributed by atoms with Crippen molar-refractivity contribution in [2.24, 2.45) is 0 Å². The second kappa shape index (κ2) is 5.10. The van der Waals surface area contributed by atoms with E-state index in [1.165, 1.54) is 45.3 Å². The van der Waals surface area contributed by atoms with Gasteiger partial charge in [0.2, 0.25) is 0 Å².